The van der Waals surface area contributed by atoms with E-state index in [0.29, 0.717) is 5.69 Å². The third-order valence-electron chi connectivity index (χ3n) is 1.95. The Labute approximate surface area is 91.5 Å². The maximum absolute atomic E-state index is 10.5. The van der Waals surface area contributed by atoms with Gasteiger partial charge in [0.25, 0.3) is 0 Å². The normalized spacial score (nSPS) is 11.6. The molecule has 1 rings (SSSR count). The van der Waals surface area contributed by atoms with Crippen LogP contribution in [0.2, 0.25) is 0 Å². The van der Waals surface area contributed by atoms with Crippen molar-refractivity contribution < 1.29 is 9.90 Å². The highest BCUT2D eigenvalue weighted by Crippen LogP contribution is 2.04. The van der Waals surface area contributed by atoms with E-state index in [-0.39, 0.29) is 13.0 Å². The molecule has 1 heterocycles. The van der Waals surface area contributed by atoms with Gasteiger partial charge in [-0.1, -0.05) is 11.2 Å². The second-order valence-electron chi connectivity index (χ2n) is 3.20. The van der Waals surface area contributed by atoms with E-state index in [1.807, 2.05) is 0 Å². The molecule has 0 aliphatic heterocycles. The molecule has 0 saturated heterocycles. The van der Waals surface area contributed by atoms with Gasteiger partial charge in [-0.3, -0.25) is 9.78 Å². The van der Waals surface area contributed by atoms with Gasteiger partial charge in [0.2, 0.25) is 0 Å². The van der Waals surface area contributed by atoms with Gasteiger partial charge in [-0.2, -0.15) is 0 Å². The number of carboxylic acid groups (broad SMARTS) is 1. The molecule has 0 amide bonds. The van der Waals surface area contributed by atoms with Crippen molar-refractivity contribution in [3.05, 3.63) is 40.0 Å². The molecule has 0 aliphatic rings. The van der Waals surface area contributed by atoms with Gasteiger partial charge in [0.05, 0.1) is 6.54 Å². The molecule has 1 aromatic heterocycles. The molecule has 0 aliphatic carbocycles. The van der Waals surface area contributed by atoms with Crippen LogP contribution in [0.25, 0.3) is 10.4 Å². The van der Waals surface area contributed by atoms with Gasteiger partial charge in [-0.25, -0.2) is 0 Å². The molecule has 7 heteroatoms. The maximum Gasteiger partial charge on any atom is 0.320 e. The van der Waals surface area contributed by atoms with E-state index in [4.69, 9.17) is 16.4 Å². The second kappa shape index (κ2) is 5.69. The van der Waals surface area contributed by atoms with Crippen molar-refractivity contribution in [3.63, 3.8) is 0 Å². The van der Waals surface area contributed by atoms with Crippen LogP contribution in [-0.2, 0) is 17.8 Å². The smallest absolute Gasteiger partial charge is 0.320 e. The molecule has 1 atom stereocenters. The Morgan fingerprint density at radius 2 is 2.44 bits per heavy atom. The zero-order chi connectivity index (χ0) is 12.0. The van der Waals surface area contributed by atoms with Crippen molar-refractivity contribution in [2.24, 2.45) is 10.8 Å². The highest BCUT2D eigenvalue weighted by molar-refractivity contribution is 5.73. The number of carbonyl (C=O) groups is 1. The second-order valence-corrected chi connectivity index (χ2v) is 3.20. The first-order valence-corrected chi connectivity index (χ1v) is 4.56. The van der Waals surface area contributed by atoms with Crippen molar-refractivity contribution in [2.75, 3.05) is 0 Å². The minimum absolute atomic E-state index is 0.178. The van der Waals surface area contributed by atoms with E-state index in [0.717, 1.165) is 5.56 Å². The lowest BCUT2D eigenvalue weighted by atomic mass is 10.1. The summed E-state index contributed by atoms with van der Waals surface area (Å²) in [6.07, 6.45) is 1.72. The van der Waals surface area contributed by atoms with E-state index in [2.05, 4.69) is 15.0 Å². The van der Waals surface area contributed by atoms with Crippen molar-refractivity contribution in [2.45, 2.75) is 19.0 Å². The molecule has 0 aromatic carbocycles. The van der Waals surface area contributed by atoms with Gasteiger partial charge >= 0.3 is 5.97 Å². The average Bonchev–Trinajstić information content (AvgIpc) is 2.28. The van der Waals surface area contributed by atoms with Crippen LogP contribution >= 0.6 is 0 Å². The number of aliphatic carboxylic acids is 1. The summed E-state index contributed by atoms with van der Waals surface area (Å²) in [7, 11) is 0. The van der Waals surface area contributed by atoms with Gasteiger partial charge in [-0.15, -0.1) is 0 Å². The molecule has 0 fully saturated rings. The van der Waals surface area contributed by atoms with E-state index in [9.17, 15) is 4.79 Å². The largest absolute Gasteiger partial charge is 0.480 e. The molecule has 3 N–H and O–H groups in total. The number of carboxylic acids is 1. The van der Waals surface area contributed by atoms with E-state index in [1.54, 1.807) is 18.3 Å². The third kappa shape index (κ3) is 3.56. The van der Waals surface area contributed by atoms with Gasteiger partial charge in [-0.05, 0) is 17.2 Å². The SMILES string of the molecule is [N-]=[N+]=NCc1ccc(C[C@H](N)C(=O)O)nc1. The molecule has 16 heavy (non-hydrogen) atoms. The fourth-order valence-corrected chi connectivity index (χ4v) is 1.10. The topological polar surface area (TPSA) is 125 Å². The Kier molecular flexibility index (Phi) is 4.26. The number of pyridine rings is 1. The molecule has 0 radical (unpaired) electrons. The summed E-state index contributed by atoms with van der Waals surface area (Å²) in [5, 5.41) is 12.0. The molecule has 1 aromatic rings. The molecular formula is C9H11N5O2. The summed E-state index contributed by atoms with van der Waals surface area (Å²) in [5.74, 6) is -1.06. The number of hydrogen-bond donors (Lipinski definition) is 2. The Morgan fingerprint density at radius 1 is 1.69 bits per heavy atom. The Bertz CT molecular complexity index is 410. The summed E-state index contributed by atoms with van der Waals surface area (Å²) in [4.78, 5) is 17.2. The number of nitrogens with two attached hydrogens (primary N) is 1. The minimum atomic E-state index is -1.06. The lowest BCUT2D eigenvalue weighted by Gasteiger charge is -2.05. The van der Waals surface area contributed by atoms with Crippen LogP contribution in [0.1, 0.15) is 11.3 Å². The molecule has 0 unspecified atom stereocenters. The number of hydrogen-bond acceptors (Lipinski definition) is 4. The summed E-state index contributed by atoms with van der Waals surface area (Å²) >= 11 is 0. The first-order chi connectivity index (χ1) is 7.63. The molecule has 0 bridgehead atoms. The Morgan fingerprint density at radius 3 is 2.94 bits per heavy atom. The van der Waals surface area contributed by atoms with Crippen LogP contribution < -0.4 is 5.73 Å². The Balaban J connectivity index is 2.64. The third-order valence-corrected chi connectivity index (χ3v) is 1.95. The van der Waals surface area contributed by atoms with Gasteiger partial charge in [0.1, 0.15) is 6.04 Å². The van der Waals surface area contributed by atoms with Gasteiger partial charge in [0.15, 0.2) is 0 Å². The predicted molar refractivity (Wildman–Crippen MR) is 56.4 cm³/mol. The van der Waals surface area contributed by atoms with E-state index >= 15 is 0 Å². The number of aromatic nitrogens is 1. The predicted octanol–water partition coefficient (Wildman–Crippen LogP) is 0.846. The summed E-state index contributed by atoms with van der Waals surface area (Å²) in [6.45, 7) is 0.231. The van der Waals surface area contributed by atoms with Crippen molar-refractivity contribution in [3.8, 4) is 0 Å². The van der Waals surface area contributed by atoms with Crippen LogP contribution in [0.4, 0.5) is 0 Å². The lowest BCUT2D eigenvalue weighted by molar-refractivity contribution is -0.138. The highest BCUT2D eigenvalue weighted by Gasteiger charge is 2.12. The van der Waals surface area contributed by atoms with Crippen molar-refractivity contribution >= 4 is 5.97 Å². The van der Waals surface area contributed by atoms with Crippen molar-refractivity contribution in [1.82, 2.24) is 4.98 Å². The molecule has 0 saturated carbocycles. The van der Waals surface area contributed by atoms with Crippen LogP contribution in [-0.4, -0.2) is 22.1 Å². The zero-order valence-corrected chi connectivity index (χ0v) is 8.45. The number of rotatable bonds is 5. The molecular weight excluding hydrogens is 210 g/mol. The van der Waals surface area contributed by atoms with E-state index < -0.39 is 12.0 Å². The molecule has 7 nitrogen and oxygen atoms in total. The number of azide groups is 1. The first kappa shape index (κ1) is 12.0. The van der Waals surface area contributed by atoms with Crippen LogP contribution in [0.3, 0.4) is 0 Å². The van der Waals surface area contributed by atoms with Gasteiger partial charge < -0.3 is 10.8 Å². The molecule has 0 spiro atoms. The fraction of sp³-hybridized carbons (Fsp3) is 0.333. The van der Waals surface area contributed by atoms with Crippen LogP contribution in [0.15, 0.2) is 23.4 Å². The molecule has 84 valence electrons. The standard InChI is InChI=1S/C9H11N5O2/c10-8(9(15)16)3-7-2-1-6(4-12-7)5-13-14-11/h1-2,4,8H,3,5,10H2,(H,15,16)/t8-/m0/s1. The lowest BCUT2D eigenvalue weighted by Crippen LogP contribution is -2.32. The van der Waals surface area contributed by atoms with E-state index in [1.165, 1.54) is 0 Å². The summed E-state index contributed by atoms with van der Waals surface area (Å²) in [5.41, 5.74) is 14.8. The van der Waals surface area contributed by atoms with Gasteiger partial charge in [0, 0.05) is 23.2 Å². The zero-order valence-electron chi connectivity index (χ0n) is 8.45. The average molecular weight is 221 g/mol. The maximum atomic E-state index is 10.5. The van der Waals surface area contributed by atoms with Crippen LogP contribution in [0, 0.1) is 0 Å². The monoisotopic (exact) mass is 221 g/mol. The first-order valence-electron chi connectivity index (χ1n) is 4.56. The van der Waals surface area contributed by atoms with Crippen molar-refractivity contribution in [1.29, 1.82) is 0 Å². The van der Waals surface area contributed by atoms with Crippen LogP contribution in [0.5, 0.6) is 0 Å². The highest BCUT2D eigenvalue weighted by atomic mass is 16.4. The Hall–Kier alpha value is -2.11. The number of nitrogens with zero attached hydrogens (tertiary/aromatic N) is 4. The quantitative estimate of drug-likeness (QED) is 0.434. The fourth-order valence-electron chi connectivity index (χ4n) is 1.10. The summed E-state index contributed by atoms with van der Waals surface area (Å²) < 4.78 is 0. The summed E-state index contributed by atoms with van der Waals surface area (Å²) in [6, 6.07) is 2.45. The minimum Gasteiger partial charge on any atom is -0.480 e.